The number of para-hydroxylation sites is 2. The molecule has 0 aliphatic rings. The maximum absolute atomic E-state index is 12.3. The molecule has 3 rings (SSSR count). The van der Waals surface area contributed by atoms with Crippen LogP contribution in [0.3, 0.4) is 0 Å². The van der Waals surface area contributed by atoms with E-state index in [0.717, 1.165) is 33.6 Å². The summed E-state index contributed by atoms with van der Waals surface area (Å²) in [5.41, 5.74) is 1.68. The number of benzene rings is 2. The first-order valence-corrected chi connectivity index (χ1v) is 8.37. The monoisotopic (exact) mass is 327 g/mol. The molecule has 0 fully saturated rings. The molecule has 0 radical (unpaired) electrons. The Morgan fingerprint density at radius 3 is 1.86 bits per heavy atom. The average molecular weight is 327 g/mol. The van der Waals surface area contributed by atoms with Crippen LogP contribution in [0.2, 0.25) is 0 Å². The van der Waals surface area contributed by atoms with Crippen LogP contribution in [-0.4, -0.2) is 14.0 Å². The summed E-state index contributed by atoms with van der Waals surface area (Å²) in [7, 11) is 0. The Bertz CT molecular complexity index is 834. The van der Waals surface area contributed by atoms with Crippen LogP contribution in [0, 0.1) is 5.41 Å². The van der Waals surface area contributed by atoms with Gasteiger partial charge in [0.15, 0.2) is 4.32 Å². The summed E-state index contributed by atoms with van der Waals surface area (Å²) in [5.74, 6) is 0. The summed E-state index contributed by atoms with van der Waals surface area (Å²) in [4.78, 5) is 12.3. The Labute approximate surface area is 139 Å². The molecule has 0 bridgehead atoms. The highest BCUT2D eigenvalue weighted by Crippen LogP contribution is 2.32. The van der Waals surface area contributed by atoms with Crippen LogP contribution in [0.5, 0.6) is 0 Å². The lowest BCUT2D eigenvalue weighted by molar-refractivity contribution is -0.117. The molecule has 0 unspecified atom stereocenters. The van der Waals surface area contributed by atoms with E-state index in [1.807, 2.05) is 61.7 Å². The lowest BCUT2D eigenvalue weighted by atomic mass is 10.00. The highest BCUT2D eigenvalue weighted by molar-refractivity contribution is 8.32. The molecule has 1 heterocycles. The highest BCUT2D eigenvalue weighted by atomic mass is 32.2. The third-order valence-corrected chi connectivity index (χ3v) is 5.14. The van der Waals surface area contributed by atoms with Gasteiger partial charge in [-0.2, -0.15) is 0 Å². The van der Waals surface area contributed by atoms with Crippen molar-refractivity contribution in [2.45, 2.75) is 20.8 Å². The van der Waals surface area contributed by atoms with Crippen LogP contribution in [0.15, 0.2) is 48.5 Å². The van der Waals surface area contributed by atoms with Gasteiger partial charge in [0.05, 0.1) is 11.0 Å². The van der Waals surface area contributed by atoms with Crippen molar-refractivity contribution < 1.29 is 4.79 Å². The SMILES string of the molecule is CC(C)(C)C(=O)SC(=S)n1c2ccccc2c2ccccc21. The van der Waals surface area contributed by atoms with Crippen molar-refractivity contribution in [3.8, 4) is 0 Å². The number of fused-ring (bicyclic) bond motifs is 3. The number of rotatable bonds is 0. The molecule has 0 atom stereocenters. The molecule has 0 N–H and O–H groups in total. The summed E-state index contributed by atoms with van der Waals surface area (Å²) in [6.07, 6.45) is 0. The number of aromatic nitrogens is 1. The molecular weight excluding hydrogens is 310 g/mol. The van der Waals surface area contributed by atoms with E-state index in [1.54, 1.807) is 0 Å². The van der Waals surface area contributed by atoms with Gasteiger partial charge in [-0.15, -0.1) is 0 Å². The first-order valence-electron chi connectivity index (χ1n) is 7.14. The largest absolute Gasteiger partial charge is 0.294 e. The van der Waals surface area contributed by atoms with Crippen molar-refractivity contribution in [3.05, 3.63) is 48.5 Å². The fraction of sp³-hybridized carbons (Fsp3) is 0.222. The van der Waals surface area contributed by atoms with Gasteiger partial charge in [-0.05, 0) is 23.9 Å². The molecule has 3 aromatic rings. The van der Waals surface area contributed by atoms with E-state index in [9.17, 15) is 4.79 Å². The van der Waals surface area contributed by atoms with Gasteiger partial charge in [0, 0.05) is 16.2 Å². The van der Waals surface area contributed by atoms with Crippen LogP contribution >= 0.6 is 24.0 Å². The van der Waals surface area contributed by atoms with E-state index in [2.05, 4.69) is 12.1 Å². The predicted octanol–water partition coefficient (Wildman–Crippen LogP) is 5.23. The van der Waals surface area contributed by atoms with Crippen molar-refractivity contribution in [2.24, 2.45) is 5.41 Å². The van der Waals surface area contributed by atoms with Gasteiger partial charge >= 0.3 is 0 Å². The van der Waals surface area contributed by atoms with Gasteiger partial charge in [-0.25, -0.2) is 0 Å². The predicted molar refractivity (Wildman–Crippen MR) is 99.5 cm³/mol. The second kappa shape index (κ2) is 5.52. The maximum Gasteiger partial charge on any atom is 0.201 e. The minimum absolute atomic E-state index is 0.0827. The Hall–Kier alpha value is -1.65. The Morgan fingerprint density at radius 2 is 1.41 bits per heavy atom. The zero-order chi connectivity index (χ0) is 15.9. The van der Waals surface area contributed by atoms with Crippen molar-refractivity contribution in [3.63, 3.8) is 0 Å². The van der Waals surface area contributed by atoms with Gasteiger partial charge in [0.25, 0.3) is 0 Å². The average Bonchev–Trinajstić information content (AvgIpc) is 2.80. The number of thiocarbonyl (C=S) groups is 1. The summed E-state index contributed by atoms with van der Waals surface area (Å²) in [6.45, 7) is 5.74. The third kappa shape index (κ3) is 2.57. The second-order valence-corrected chi connectivity index (χ2v) is 7.88. The molecule has 0 saturated carbocycles. The lowest BCUT2D eigenvalue weighted by Crippen LogP contribution is -2.19. The molecule has 4 heteroatoms. The molecule has 22 heavy (non-hydrogen) atoms. The van der Waals surface area contributed by atoms with Crippen molar-refractivity contribution in [1.29, 1.82) is 0 Å². The van der Waals surface area contributed by atoms with Gasteiger partial charge in [-0.1, -0.05) is 69.4 Å². The molecule has 1 aromatic heterocycles. The molecule has 0 aliphatic carbocycles. The van der Waals surface area contributed by atoms with Gasteiger partial charge in [0.2, 0.25) is 5.12 Å². The fourth-order valence-electron chi connectivity index (χ4n) is 2.40. The Balaban J connectivity index is 2.17. The molecule has 0 saturated heterocycles. The van der Waals surface area contributed by atoms with Crippen LogP contribution in [0.25, 0.3) is 21.8 Å². The minimum Gasteiger partial charge on any atom is -0.294 e. The smallest absolute Gasteiger partial charge is 0.201 e. The van der Waals surface area contributed by atoms with Crippen LogP contribution < -0.4 is 0 Å². The number of nitrogens with zero attached hydrogens (tertiary/aromatic N) is 1. The minimum atomic E-state index is -0.409. The summed E-state index contributed by atoms with van der Waals surface area (Å²) >= 11 is 6.73. The topological polar surface area (TPSA) is 22.0 Å². The van der Waals surface area contributed by atoms with Crippen LogP contribution in [-0.2, 0) is 4.79 Å². The molecule has 2 nitrogen and oxygen atoms in total. The Morgan fingerprint density at radius 1 is 0.955 bits per heavy atom. The number of thioether (sulfide) groups is 1. The van der Waals surface area contributed by atoms with Gasteiger partial charge in [-0.3, -0.25) is 9.36 Å². The number of hydrogen-bond donors (Lipinski definition) is 0. The number of carbonyl (C=O) groups excluding carboxylic acids is 1. The van der Waals surface area contributed by atoms with E-state index in [4.69, 9.17) is 12.2 Å². The van der Waals surface area contributed by atoms with Crippen LogP contribution in [0.1, 0.15) is 20.8 Å². The molecule has 0 amide bonds. The molecule has 2 aromatic carbocycles. The van der Waals surface area contributed by atoms with Crippen molar-refractivity contribution in [2.75, 3.05) is 0 Å². The Kier molecular flexibility index (Phi) is 3.83. The molecular formula is C18H17NOS2. The lowest BCUT2D eigenvalue weighted by Gasteiger charge is -2.16. The van der Waals surface area contributed by atoms with Gasteiger partial charge < -0.3 is 0 Å². The molecule has 0 spiro atoms. The standard InChI is InChI=1S/C18H17NOS2/c1-18(2,3)16(20)22-17(21)19-14-10-6-4-8-12(14)13-9-5-7-11-15(13)19/h4-11H,1-3H3. The highest BCUT2D eigenvalue weighted by Gasteiger charge is 2.25. The third-order valence-electron chi connectivity index (χ3n) is 3.56. The number of carbonyl (C=O) groups is 1. The second-order valence-electron chi connectivity index (χ2n) is 6.28. The fourth-order valence-corrected chi connectivity index (χ4v) is 3.57. The zero-order valence-electron chi connectivity index (χ0n) is 12.8. The summed E-state index contributed by atoms with van der Waals surface area (Å²) in [5, 5.41) is 2.40. The first kappa shape index (κ1) is 15.3. The van der Waals surface area contributed by atoms with E-state index >= 15 is 0 Å². The van der Waals surface area contributed by atoms with E-state index in [-0.39, 0.29) is 5.12 Å². The van der Waals surface area contributed by atoms with Gasteiger partial charge in [0.1, 0.15) is 0 Å². The summed E-state index contributed by atoms with van der Waals surface area (Å²) in [6, 6.07) is 16.3. The normalized spacial score (nSPS) is 12.0. The van der Waals surface area contributed by atoms with E-state index in [1.165, 1.54) is 0 Å². The van der Waals surface area contributed by atoms with Crippen LogP contribution in [0.4, 0.5) is 0 Å². The number of hydrogen-bond acceptors (Lipinski definition) is 3. The summed E-state index contributed by atoms with van der Waals surface area (Å²) < 4.78 is 2.59. The zero-order valence-corrected chi connectivity index (χ0v) is 14.4. The molecule has 112 valence electrons. The van der Waals surface area contributed by atoms with Crippen molar-refractivity contribution in [1.82, 2.24) is 4.57 Å². The first-order chi connectivity index (χ1) is 10.4. The van der Waals surface area contributed by atoms with Crippen molar-refractivity contribution >= 4 is 55.2 Å². The quantitative estimate of drug-likeness (QED) is 0.528. The van der Waals surface area contributed by atoms with E-state index < -0.39 is 5.41 Å². The van der Waals surface area contributed by atoms with E-state index in [0.29, 0.717) is 4.32 Å². The maximum atomic E-state index is 12.3. The molecule has 0 aliphatic heterocycles.